The molecule has 2 heterocycles. The molecule has 0 atom stereocenters. The van der Waals surface area contributed by atoms with Gasteiger partial charge in [0.2, 0.25) is 5.84 Å². The Labute approximate surface area is 164 Å². The molecule has 2 amide bonds. The molecule has 0 bridgehead atoms. The third-order valence-electron chi connectivity index (χ3n) is 5.39. The molecule has 1 fully saturated rings. The number of hydrogen-bond acceptors (Lipinski definition) is 4. The van der Waals surface area contributed by atoms with E-state index in [1.54, 1.807) is 0 Å². The van der Waals surface area contributed by atoms with Crippen LogP contribution in [-0.4, -0.2) is 42.2 Å². The van der Waals surface area contributed by atoms with Crippen molar-refractivity contribution in [2.24, 2.45) is 4.99 Å². The summed E-state index contributed by atoms with van der Waals surface area (Å²) in [7, 11) is 0. The van der Waals surface area contributed by atoms with Crippen LogP contribution in [0.4, 0.5) is 5.69 Å². The van der Waals surface area contributed by atoms with Gasteiger partial charge in [0, 0.05) is 13.1 Å². The van der Waals surface area contributed by atoms with Crippen molar-refractivity contribution in [3.05, 3.63) is 65.7 Å². The molecule has 1 saturated heterocycles. The Morgan fingerprint density at radius 3 is 2.39 bits per heavy atom. The van der Waals surface area contributed by atoms with Crippen molar-refractivity contribution in [2.45, 2.75) is 25.7 Å². The molecule has 0 saturated carbocycles. The van der Waals surface area contributed by atoms with Gasteiger partial charge in [-0.2, -0.15) is 0 Å². The molecule has 2 aliphatic rings. The monoisotopic (exact) mass is 376 g/mol. The number of carbonyl (C=O) groups excluding carboxylic acids is 2. The largest absolute Gasteiger partial charge is 0.336 e. The van der Waals surface area contributed by atoms with E-state index in [4.69, 9.17) is 0 Å². The van der Waals surface area contributed by atoms with Crippen LogP contribution in [0.5, 0.6) is 0 Å². The molecular weight excluding hydrogens is 352 g/mol. The second kappa shape index (κ2) is 7.84. The first-order chi connectivity index (χ1) is 13.6. The van der Waals surface area contributed by atoms with E-state index >= 15 is 0 Å². The number of hydrazine groups is 1. The average Bonchev–Trinajstić information content (AvgIpc) is 2.75. The number of likely N-dealkylation sites (tertiary alicyclic amines) is 1. The number of rotatable bonds is 3. The lowest BCUT2D eigenvalue weighted by atomic mass is 9.89. The Morgan fingerprint density at radius 1 is 1.04 bits per heavy atom. The highest BCUT2D eigenvalue weighted by atomic mass is 16.2. The van der Waals surface area contributed by atoms with Crippen molar-refractivity contribution in [1.29, 1.82) is 0 Å². The number of nitrogens with one attached hydrogen (secondary N) is 1. The van der Waals surface area contributed by atoms with Gasteiger partial charge in [0.25, 0.3) is 11.8 Å². The number of aliphatic imine (C=N–C) groups is 1. The lowest BCUT2D eigenvalue weighted by Gasteiger charge is -2.34. The molecule has 6 nitrogen and oxygen atoms in total. The summed E-state index contributed by atoms with van der Waals surface area (Å²) in [6.45, 7) is 3.35. The Balaban J connectivity index is 1.41. The first kappa shape index (κ1) is 18.2. The Morgan fingerprint density at radius 2 is 1.71 bits per heavy atom. The van der Waals surface area contributed by atoms with Gasteiger partial charge in [-0.25, -0.2) is 5.01 Å². The summed E-state index contributed by atoms with van der Waals surface area (Å²) in [6, 6.07) is 18.0. The predicted octanol–water partition coefficient (Wildman–Crippen LogP) is 2.65. The van der Waals surface area contributed by atoms with Crippen LogP contribution in [-0.2, 0) is 9.59 Å². The highest BCUT2D eigenvalue weighted by Crippen LogP contribution is 2.28. The van der Waals surface area contributed by atoms with E-state index in [0.29, 0.717) is 24.7 Å². The van der Waals surface area contributed by atoms with Gasteiger partial charge in [-0.3, -0.25) is 20.0 Å². The third-order valence-corrected chi connectivity index (χ3v) is 5.39. The molecule has 0 aliphatic carbocycles. The summed E-state index contributed by atoms with van der Waals surface area (Å²) in [6.07, 6.45) is 1.87. The number of benzene rings is 2. The number of amidine groups is 1. The molecule has 4 rings (SSSR count). The first-order valence-corrected chi connectivity index (χ1v) is 9.67. The molecular formula is C22H24N4O2. The minimum atomic E-state index is -0.178. The smallest absolute Gasteiger partial charge is 0.290 e. The van der Waals surface area contributed by atoms with Crippen molar-refractivity contribution in [3.8, 4) is 0 Å². The Bertz CT molecular complexity index is 885. The van der Waals surface area contributed by atoms with Crippen molar-refractivity contribution in [2.75, 3.05) is 24.6 Å². The van der Waals surface area contributed by atoms with Gasteiger partial charge >= 0.3 is 0 Å². The number of hydrogen-bond donors (Lipinski definition) is 1. The van der Waals surface area contributed by atoms with Gasteiger partial charge in [0.15, 0.2) is 0 Å². The van der Waals surface area contributed by atoms with Gasteiger partial charge in [-0.15, -0.1) is 0 Å². The normalized spacial score (nSPS) is 17.9. The summed E-state index contributed by atoms with van der Waals surface area (Å²) in [5.74, 6) is 0.398. The van der Waals surface area contributed by atoms with Crippen molar-refractivity contribution in [3.63, 3.8) is 0 Å². The molecule has 6 heteroatoms. The third kappa shape index (κ3) is 3.76. The Kier molecular flexibility index (Phi) is 5.10. The van der Waals surface area contributed by atoms with Gasteiger partial charge in [0.1, 0.15) is 6.54 Å². The summed E-state index contributed by atoms with van der Waals surface area (Å²) in [5, 5.41) is 1.41. The molecule has 28 heavy (non-hydrogen) atoms. The topological polar surface area (TPSA) is 65.0 Å². The SMILES string of the molecule is Cc1ccc(N2NC(C(=O)N3CCC(c4ccccc4)CC3)=NCC2=O)cc1. The number of piperidine rings is 1. The van der Waals surface area contributed by atoms with Crippen molar-refractivity contribution >= 4 is 23.3 Å². The van der Waals surface area contributed by atoms with Crippen LogP contribution in [0.3, 0.4) is 0 Å². The minimum Gasteiger partial charge on any atom is -0.336 e. The fraction of sp³-hybridized carbons (Fsp3) is 0.318. The second-order valence-corrected chi connectivity index (χ2v) is 7.32. The molecule has 0 radical (unpaired) electrons. The molecule has 0 unspecified atom stereocenters. The van der Waals surface area contributed by atoms with E-state index in [1.807, 2.05) is 42.2 Å². The zero-order valence-electron chi connectivity index (χ0n) is 16.0. The maximum atomic E-state index is 12.9. The molecule has 0 spiro atoms. The molecule has 2 aromatic rings. The van der Waals surface area contributed by atoms with Crippen LogP contribution in [0.1, 0.15) is 29.9 Å². The lowest BCUT2D eigenvalue weighted by Crippen LogP contribution is -2.57. The van der Waals surface area contributed by atoms with E-state index in [9.17, 15) is 9.59 Å². The van der Waals surface area contributed by atoms with E-state index < -0.39 is 0 Å². The van der Waals surface area contributed by atoms with Crippen molar-refractivity contribution in [1.82, 2.24) is 10.3 Å². The fourth-order valence-electron chi connectivity index (χ4n) is 3.73. The van der Waals surface area contributed by atoms with E-state index in [1.165, 1.54) is 10.6 Å². The van der Waals surface area contributed by atoms with Crippen LogP contribution in [0, 0.1) is 6.92 Å². The van der Waals surface area contributed by atoms with Crippen LogP contribution >= 0.6 is 0 Å². The van der Waals surface area contributed by atoms with Crippen LogP contribution < -0.4 is 10.4 Å². The first-order valence-electron chi connectivity index (χ1n) is 9.67. The van der Waals surface area contributed by atoms with Gasteiger partial charge in [0.05, 0.1) is 5.69 Å². The highest BCUT2D eigenvalue weighted by Gasteiger charge is 2.31. The van der Waals surface area contributed by atoms with E-state index in [-0.39, 0.29) is 24.2 Å². The van der Waals surface area contributed by atoms with Gasteiger partial charge in [-0.05, 0) is 43.4 Å². The number of amides is 2. The number of aryl methyl sites for hydroxylation is 1. The summed E-state index contributed by atoms with van der Waals surface area (Å²) in [4.78, 5) is 31.2. The van der Waals surface area contributed by atoms with Crippen molar-refractivity contribution < 1.29 is 9.59 Å². The maximum Gasteiger partial charge on any atom is 0.290 e. The zero-order valence-corrected chi connectivity index (χ0v) is 16.0. The van der Waals surface area contributed by atoms with Crippen LogP contribution in [0.25, 0.3) is 0 Å². The quantitative estimate of drug-likeness (QED) is 0.896. The summed E-state index contributed by atoms with van der Waals surface area (Å²) < 4.78 is 0. The van der Waals surface area contributed by atoms with Gasteiger partial charge < -0.3 is 4.90 Å². The van der Waals surface area contributed by atoms with E-state index in [0.717, 1.165) is 18.4 Å². The average molecular weight is 376 g/mol. The second-order valence-electron chi connectivity index (χ2n) is 7.32. The number of nitrogens with zero attached hydrogens (tertiary/aromatic N) is 3. The standard InChI is InChI=1S/C22H24N4O2/c1-16-7-9-19(10-8-16)26-20(27)15-23-21(24-26)22(28)25-13-11-18(12-14-25)17-5-3-2-4-6-17/h2-10,18H,11-15H2,1H3,(H,23,24). The molecule has 144 valence electrons. The van der Waals surface area contributed by atoms with Gasteiger partial charge in [-0.1, -0.05) is 48.0 Å². The molecule has 2 aromatic carbocycles. The molecule has 2 aliphatic heterocycles. The van der Waals surface area contributed by atoms with E-state index in [2.05, 4.69) is 34.7 Å². The zero-order chi connectivity index (χ0) is 19.5. The summed E-state index contributed by atoms with van der Waals surface area (Å²) >= 11 is 0. The fourth-order valence-corrected chi connectivity index (χ4v) is 3.73. The van der Waals surface area contributed by atoms with Crippen LogP contribution in [0.2, 0.25) is 0 Å². The lowest BCUT2D eigenvalue weighted by molar-refractivity contribution is -0.125. The van der Waals surface area contributed by atoms with Crippen LogP contribution in [0.15, 0.2) is 59.6 Å². The minimum absolute atomic E-state index is 0.0254. The maximum absolute atomic E-state index is 12.9. The molecule has 0 aromatic heterocycles. The predicted molar refractivity (Wildman–Crippen MR) is 109 cm³/mol. The summed E-state index contributed by atoms with van der Waals surface area (Å²) in [5.41, 5.74) is 6.07. The Hall–Kier alpha value is -3.15. The highest BCUT2D eigenvalue weighted by molar-refractivity contribution is 6.39. The molecule has 1 N–H and O–H groups in total. The number of carbonyl (C=O) groups is 2. The number of anilines is 1.